The van der Waals surface area contributed by atoms with Crippen molar-refractivity contribution in [1.82, 2.24) is 0 Å². The molecule has 32 heavy (non-hydrogen) atoms. The SMILES string of the molecule is CC(=O)OC(OC(C)=O)[C@@]12C=C[C@@](C)(O1)[C@H]1C(=O)N(c3cc([N+](=O)[O-])ccc3C)C(=O)[C@@H]12. The number of hydrogen-bond donors (Lipinski definition) is 0. The average Bonchev–Trinajstić information content (AvgIpc) is 3.27. The van der Waals surface area contributed by atoms with Crippen molar-refractivity contribution in [1.29, 1.82) is 0 Å². The third-order valence-corrected chi connectivity index (χ3v) is 6.04. The molecular weight excluding hydrogens is 424 g/mol. The Labute approximate surface area is 182 Å². The van der Waals surface area contributed by atoms with E-state index in [1.54, 1.807) is 19.9 Å². The number of non-ortho nitro benzene ring substituents is 1. The Morgan fingerprint density at radius 3 is 2.28 bits per heavy atom. The zero-order valence-corrected chi connectivity index (χ0v) is 17.7. The number of esters is 2. The molecule has 0 N–H and O–H groups in total. The molecule has 0 saturated carbocycles. The molecule has 0 aliphatic carbocycles. The summed E-state index contributed by atoms with van der Waals surface area (Å²) >= 11 is 0. The van der Waals surface area contributed by atoms with Crippen LogP contribution in [0.5, 0.6) is 0 Å². The molecule has 2 saturated heterocycles. The number of amides is 2. The molecule has 2 fully saturated rings. The second kappa shape index (κ2) is 6.95. The highest BCUT2D eigenvalue weighted by molar-refractivity contribution is 6.24. The number of aryl methyl sites for hydroxylation is 1. The van der Waals surface area contributed by atoms with E-state index >= 15 is 0 Å². The molecule has 11 heteroatoms. The number of anilines is 1. The van der Waals surface area contributed by atoms with Gasteiger partial charge in [-0.05, 0) is 25.5 Å². The van der Waals surface area contributed by atoms with E-state index in [1.807, 2.05) is 0 Å². The summed E-state index contributed by atoms with van der Waals surface area (Å²) in [7, 11) is 0. The molecular formula is C21H20N2O9. The van der Waals surface area contributed by atoms with Crippen LogP contribution < -0.4 is 4.90 Å². The first-order valence-corrected chi connectivity index (χ1v) is 9.79. The van der Waals surface area contributed by atoms with Crippen LogP contribution in [0.1, 0.15) is 26.3 Å². The summed E-state index contributed by atoms with van der Waals surface area (Å²) in [5, 5.41) is 11.2. The normalized spacial score (nSPS) is 30.1. The maximum absolute atomic E-state index is 13.6. The topological polar surface area (TPSA) is 142 Å². The molecule has 4 atom stereocenters. The number of imide groups is 1. The maximum atomic E-state index is 13.6. The molecule has 0 spiro atoms. The number of benzene rings is 1. The van der Waals surface area contributed by atoms with Gasteiger partial charge in [-0.25, -0.2) is 4.90 Å². The predicted octanol–water partition coefficient (Wildman–Crippen LogP) is 1.56. The van der Waals surface area contributed by atoms with Crippen molar-refractivity contribution in [2.24, 2.45) is 11.8 Å². The van der Waals surface area contributed by atoms with Crippen LogP contribution in [0.2, 0.25) is 0 Å². The van der Waals surface area contributed by atoms with Gasteiger partial charge in [-0.2, -0.15) is 0 Å². The van der Waals surface area contributed by atoms with Gasteiger partial charge in [0.1, 0.15) is 0 Å². The van der Waals surface area contributed by atoms with Gasteiger partial charge in [0.25, 0.3) is 12.0 Å². The molecule has 3 heterocycles. The molecule has 4 rings (SSSR count). The van der Waals surface area contributed by atoms with Crippen molar-refractivity contribution < 1.29 is 38.3 Å². The van der Waals surface area contributed by atoms with E-state index in [0.717, 1.165) is 24.8 Å². The van der Waals surface area contributed by atoms with Crippen molar-refractivity contribution >= 4 is 35.1 Å². The van der Waals surface area contributed by atoms with Gasteiger partial charge in [-0.3, -0.25) is 29.3 Å². The average molecular weight is 444 g/mol. The smallest absolute Gasteiger partial charge is 0.305 e. The zero-order valence-electron chi connectivity index (χ0n) is 17.7. The minimum atomic E-state index is -1.72. The summed E-state index contributed by atoms with van der Waals surface area (Å²) in [5.41, 5.74) is -2.67. The van der Waals surface area contributed by atoms with Gasteiger partial charge in [-0.15, -0.1) is 0 Å². The lowest BCUT2D eigenvalue weighted by Crippen LogP contribution is -2.52. The van der Waals surface area contributed by atoms with Gasteiger partial charge in [0, 0.05) is 26.0 Å². The number of nitrogens with zero attached hydrogens (tertiary/aromatic N) is 2. The number of nitro benzene ring substituents is 1. The van der Waals surface area contributed by atoms with Crippen LogP contribution >= 0.6 is 0 Å². The zero-order chi connectivity index (χ0) is 23.6. The van der Waals surface area contributed by atoms with Crippen molar-refractivity contribution in [3.63, 3.8) is 0 Å². The molecule has 1 aromatic carbocycles. The molecule has 11 nitrogen and oxygen atoms in total. The fourth-order valence-corrected chi connectivity index (χ4v) is 4.75. The van der Waals surface area contributed by atoms with E-state index in [9.17, 15) is 29.3 Å². The van der Waals surface area contributed by atoms with Crippen LogP contribution in [0.3, 0.4) is 0 Å². The summed E-state index contributed by atoms with van der Waals surface area (Å²) in [4.78, 5) is 61.9. The largest absolute Gasteiger partial charge is 0.422 e. The Morgan fingerprint density at radius 2 is 1.72 bits per heavy atom. The van der Waals surface area contributed by atoms with Crippen LogP contribution in [0.15, 0.2) is 30.4 Å². The first-order chi connectivity index (χ1) is 14.9. The van der Waals surface area contributed by atoms with Gasteiger partial charge in [0.05, 0.1) is 28.0 Å². The quantitative estimate of drug-likeness (QED) is 0.165. The molecule has 3 aliphatic rings. The summed E-state index contributed by atoms with van der Waals surface area (Å²) < 4.78 is 16.4. The number of ether oxygens (including phenoxy) is 3. The molecule has 2 amide bonds. The van der Waals surface area contributed by atoms with Crippen molar-refractivity contribution in [2.45, 2.75) is 45.2 Å². The fourth-order valence-electron chi connectivity index (χ4n) is 4.75. The van der Waals surface area contributed by atoms with Gasteiger partial charge in [0.2, 0.25) is 11.8 Å². The van der Waals surface area contributed by atoms with E-state index in [0.29, 0.717) is 5.56 Å². The van der Waals surface area contributed by atoms with Crippen LogP contribution in [-0.4, -0.2) is 46.2 Å². The molecule has 168 valence electrons. The second-order valence-corrected chi connectivity index (χ2v) is 8.22. The Balaban J connectivity index is 1.82. The molecule has 2 bridgehead atoms. The van der Waals surface area contributed by atoms with E-state index in [-0.39, 0.29) is 11.4 Å². The molecule has 1 aromatic rings. The number of rotatable bonds is 5. The van der Waals surface area contributed by atoms with Crippen LogP contribution in [0, 0.1) is 28.9 Å². The summed E-state index contributed by atoms with van der Waals surface area (Å²) in [6.45, 7) is 5.44. The van der Waals surface area contributed by atoms with Crippen molar-refractivity contribution in [3.05, 3.63) is 46.0 Å². The van der Waals surface area contributed by atoms with Gasteiger partial charge >= 0.3 is 11.9 Å². The molecule has 0 unspecified atom stereocenters. The first kappa shape index (κ1) is 21.6. The highest BCUT2D eigenvalue weighted by Gasteiger charge is 2.76. The fraction of sp³-hybridized carbons (Fsp3) is 0.429. The highest BCUT2D eigenvalue weighted by Crippen LogP contribution is 2.59. The number of carbonyl (C=O) groups excluding carboxylic acids is 4. The van der Waals surface area contributed by atoms with E-state index in [4.69, 9.17) is 14.2 Å². The van der Waals surface area contributed by atoms with Crippen LogP contribution in [0.4, 0.5) is 11.4 Å². The maximum Gasteiger partial charge on any atom is 0.305 e. The lowest BCUT2D eigenvalue weighted by Gasteiger charge is -2.34. The van der Waals surface area contributed by atoms with Crippen molar-refractivity contribution in [2.75, 3.05) is 4.90 Å². The minimum absolute atomic E-state index is 0.0817. The number of fused-ring (bicyclic) bond motifs is 5. The first-order valence-electron chi connectivity index (χ1n) is 9.79. The molecule has 0 aromatic heterocycles. The predicted molar refractivity (Wildman–Crippen MR) is 106 cm³/mol. The Hall–Kier alpha value is -3.60. The number of hydrogen-bond acceptors (Lipinski definition) is 9. The minimum Gasteiger partial charge on any atom is -0.422 e. The summed E-state index contributed by atoms with van der Waals surface area (Å²) in [6.07, 6.45) is 1.44. The van der Waals surface area contributed by atoms with Crippen LogP contribution in [-0.2, 0) is 33.4 Å². The Morgan fingerprint density at radius 1 is 1.12 bits per heavy atom. The third-order valence-electron chi connectivity index (χ3n) is 6.04. The van der Waals surface area contributed by atoms with Crippen LogP contribution in [0.25, 0.3) is 0 Å². The molecule has 3 aliphatic heterocycles. The standard InChI is InChI=1S/C21H20N2O9/c1-10-5-6-13(23(28)29)9-14(10)22-17(26)15-16(18(22)27)21(8-7-20(15,4)32-21)19(30-11(2)24)31-12(3)25/h5-9,15-16,19H,1-4H3/t15-,16-,20-,21+/m1/s1. The Kier molecular flexibility index (Phi) is 4.70. The summed E-state index contributed by atoms with van der Waals surface area (Å²) in [6, 6.07) is 3.88. The van der Waals surface area contributed by atoms with Crippen molar-refractivity contribution in [3.8, 4) is 0 Å². The second-order valence-electron chi connectivity index (χ2n) is 8.22. The number of carbonyl (C=O) groups is 4. The number of nitro groups is 1. The lowest BCUT2D eigenvalue weighted by atomic mass is 9.72. The highest BCUT2D eigenvalue weighted by atomic mass is 16.7. The van der Waals surface area contributed by atoms with Gasteiger partial charge in [-0.1, -0.05) is 12.1 Å². The molecule has 0 radical (unpaired) electrons. The van der Waals surface area contributed by atoms with E-state index < -0.39 is 58.0 Å². The van der Waals surface area contributed by atoms with E-state index in [2.05, 4.69) is 0 Å². The summed E-state index contributed by atoms with van der Waals surface area (Å²) in [5.74, 6) is -5.03. The monoisotopic (exact) mass is 444 g/mol. The lowest BCUT2D eigenvalue weighted by molar-refractivity contribution is -0.384. The van der Waals surface area contributed by atoms with Gasteiger partial charge in [0.15, 0.2) is 5.60 Å². The third kappa shape index (κ3) is 2.92. The van der Waals surface area contributed by atoms with Gasteiger partial charge < -0.3 is 14.2 Å². The van der Waals surface area contributed by atoms with E-state index in [1.165, 1.54) is 18.2 Å². The Bertz CT molecular complexity index is 1100.